The Morgan fingerprint density at radius 2 is 1.73 bits per heavy atom. The highest BCUT2D eigenvalue weighted by Gasteiger charge is 2.30. The van der Waals surface area contributed by atoms with Gasteiger partial charge in [0.05, 0.1) is 16.1 Å². The van der Waals surface area contributed by atoms with E-state index >= 15 is 0 Å². The van der Waals surface area contributed by atoms with Crippen LogP contribution in [0.2, 0.25) is 0 Å². The predicted molar refractivity (Wildman–Crippen MR) is 142 cm³/mol. The van der Waals surface area contributed by atoms with Crippen molar-refractivity contribution in [1.29, 1.82) is 0 Å². The van der Waals surface area contributed by atoms with E-state index in [0.717, 1.165) is 12.8 Å². The Labute approximate surface area is 226 Å². The van der Waals surface area contributed by atoms with Gasteiger partial charge in [0.2, 0.25) is 21.9 Å². The van der Waals surface area contributed by atoms with E-state index in [4.69, 9.17) is 5.14 Å². The smallest absolute Gasteiger partial charge is 0.359 e. The zero-order chi connectivity index (χ0) is 28.5. The van der Waals surface area contributed by atoms with Gasteiger partial charge in [-0.15, -0.1) is 0 Å². The number of rotatable bonds is 9. The van der Waals surface area contributed by atoms with Crippen LogP contribution < -0.4 is 21.1 Å². The molecule has 0 saturated heterocycles. The topological polar surface area (TPSA) is 165 Å². The fraction of sp³-hybridized carbons (Fsp3) is 0.240. The van der Waals surface area contributed by atoms with E-state index in [2.05, 4.69) is 35.9 Å². The van der Waals surface area contributed by atoms with E-state index in [1.807, 2.05) is 0 Å². The van der Waals surface area contributed by atoms with E-state index in [1.165, 1.54) is 18.3 Å². The van der Waals surface area contributed by atoms with Crippen LogP contribution in [0.5, 0.6) is 0 Å². The molecule has 0 atom stereocenters. The molecule has 3 aromatic heterocycles. The normalized spacial score (nSPS) is 13.7. The predicted octanol–water partition coefficient (Wildman–Crippen LogP) is 3.67. The van der Waals surface area contributed by atoms with Crippen molar-refractivity contribution in [3.8, 4) is 11.3 Å². The minimum Gasteiger partial charge on any atom is -0.359 e. The van der Waals surface area contributed by atoms with E-state index in [1.54, 1.807) is 36.4 Å². The molecule has 0 aliphatic heterocycles. The second-order valence-corrected chi connectivity index (χ2v) is 10.7. The summed E-state index contributed by atoms with van der Waals surface area (Å²) in [5, 5.41) is 13.1. The maximum Gasteiger partial charge on any atom is 0.405 e. The molecule has 208 valence electrons. The number of nitrogens with one attached hydrogen (secondary N) is 3. The summed E-state index contributed by atoms with van der Waals surface area (Å²) >= 11 is 0. The fourth-order valence-electron chi connectivity index (χ4n) is 3.73. The molecule has 1 aliphatic carbocycles. The van der Waals surface area contributed by atoms with Gasteiger partial charge in [0.25, 0.3) is 0 Å². The third-order valence-corrected chi connectivity index (χ3v) is 6.89. The zero-order valence-corrected chi connectivity index (χ0v) is 21.6. The molecule has 40 heavy (non-hydrogen) atoms. The van der Waals surface area contributed by atoms with Gasteiger partial charge in [-0.25, -0.2) is 28.5 Å². The lowest BCUT2D eigenvalue weighted by Gasteiger charge is -2.14. The summed E-state index contributed by atoms with van der Waals surface area (Å²) in [6.45, 7) is -1.17. The summed E-state index contributed by atoms with van der Waals surface area (Å²) in [5.41, 5.74) is 2.08. The number of halogens is 3. The van der Waals surface area contributed by atoms with Crippen LogP contribution in [0.25, 0.3) is 22.3 Å². The van der Waals surface area contributed by atoms with Gasteiger partial charge in [0.1, 0.15) is 17.9 Å². The number of amides is 1. The van der Waals surface area contributed by atoms with Crippen LogP contribution in [0.1, 0.15) is 18.4 Å². The molecule has 5 rings (SSSR count). The number of pyridine rings is 2. The Kier molecular flexibility index (Phi) is 7.25. The van der Waals surface area contributed by atoms with Gasteiger partial charge < -0.3 is 16.0 Å². The molecular weight excluding hydrogens is 549 g/mol. The van der Waals surface area contributed by atoms with Crippen LogP contribution in [-0.2, 0) is 21.4 Å². The third kappa shape index (κ3) is 6.79. The van der Waals surface area contributed by atoms with Crippen LogP contribution >= 0.6 is 0 Å². The van der Waals surface area contributed by atoms with Crippen LogP contribution in [0.15, 0.2) is 59.6 Å². The standard InChI is InChI=1S/C25H23F3N8O3S/c26-25(27,28)13-32-22-21-19(34-24(36-22)31-11-14-1-6-17(7-2-14)40(29,38)39)9-8-18(33-21)16-5-10-20(30-12-16)35-23(37)15-3-4-15/h1-2,5-10,12,15H,3-4,11,13H2,(H2,29,38,39)(H,30,35,37)(H2,31,32,34,36). The van der Waals surface area contributed by atoms with Gasteiger partial charge in [-0.1, -0.05) is 12.1 Å². The van der Waals surface area contributed by atoms with Crippen molar-refractivity contribution in [2.45, 2.75) is 30.5 Å². The highest BCUT2D eigenvalue weighted by molar-refractivity contribution is 7.89. The van der Waals surface area contributed by atoms with Gasteiger partial charge in [0, 0.05) is 24.2 Å². The van der Waals surface area contributed by atoms with Crippen LogP contribution in [0.4, 0.5) is 30.8 Å². The Bertz CT molecular complexity index is 1660. The van der Waals surface area contributed by atoms with E-state index in [9.17, 15) is 26.4 Å². The molecule has 0 unspecified atom stereocenters. The molecule has 1 saturated carbocycles. The highest BCUT2D eigenvalue weighted by Crippen LogP contribution is 2.30. The molecular formula is C25H23F3N8O3S. The van der Waals surface area contributed by atoms with Crippen molar-refractivity contribution < 1.29 is 26.4 Å². The summed E-state index contributed by atoms with van der Waals surface area (Å²) in [6, 6.07) is 12.4. The lowest BCUT2D eigenvalue weighted by atomic mass is 10.1. The molecule has 5 N–H and O–H groups in total. The number of hydrogen-bond acceptors (Lipinski definition) is 9. The van der Waals surface area contributed by atoms with E-state index < -0.39 is 22.7 Å². The number of carbonyl (C=O) groups excluding carboxylic acids is 1. The number of anilines is 3. The molecule has 3 heterocycles. The summed E-state index contributed by atoms with van der Waals surface area (Å²) in [5.74, 6) is 0.261. The molecule has 1 aliphatic rings. The Hall–Kier alpha value is -4.37. The summed E-state index contributed by atoms with van der Waals surface area (Å²) < 4.78 is 61.9. The first-order chi connectivity index (χ1) is 18.9. The number of sulfonamides is 1. The number of benzene rings is 1. The third-order valence-electron chi connectivity index (χ3n) is 5.96. The maximum absolute atomic E-state index is 13.0. The number of aromatic nitrogens is 4. The molecule has 4 aromatic rings. The Morgan fingerprint density at radius 3 is 2.35 bits per heavy atom. The number of hydrogen-bond donors (Lipinski definition) is 4. The van der Waals surface area contributed by atoms with Gasteiger partial charge in [-0.3, -0.25) is 4.79 Å². The molecule has 1 aromatic carbocycles. The first-order valence-corrected chi connectivity index (χ1v) is 13.6. The number of alkyl halides is 3. The van der Waals surface area contributed by atoms with Crippen LogP contribution in [0, 0.1) is 5.92 Å². The summed E-state index contributed by atoms with van der Waals surface area (Å²) in [7, 11) is -3.84. The maximum atomic E-state index is 13.0. The molecule has 0 spiro atoms. The monoisotopic (exact) mass is 572 g/mol. The molecule has 1 amide bonds. The molecule has 15 heteroatoms. The second-order valence-electron chi connectivity index (χ2n) is 9.17. The van der Waals surface area contributed by atoms with Gasteiger partial charge in [0.15, 0.2) is 5.82 Å². The minimum absolute atomic E-state index is 0.0289. The first-order valence-electron chi connectivity index (χ1n) is 12.1. The van der Waals surface area contributed by atoms with Crippen molar-refractivity contribution in [2.24, 2.45) is 11.1 Å². The average Bonchev–Trinajstić information content (AvgIpc) is 3.76. The lowest BCUT2D eigenvalue weighted by molar-refractivity contribution is -0.117. The van der Waals surface area contributed by atoms with Gasteiger partial charge >= 0.3 is 6.18 Å². The molecule has 0 bridgehead atoms. The van der Waals surface area contributed by atoms with Crippen molar-refractivity contribution in [2.75, 3.05) is 22.5 Å². The van der Waals surface area contributed by atoms with Gasteiger partial charge in [-0.05, 0) is 54.8 Å². The van der Waals surface area contributed by atoms with Crippen molar-refractivity contribution in [3.63, 3.8) is 0 Å². The van der Waals surface area contributed by atoms with Crippen LogP contribution in [0.3, 0.4) is 0 Å². The number of carbonyl (C=O) groups is 1. The average molecular weight is 573 g/mol. The Balaban J connectivity index is 1.39. The highest BCUT2D eigenvalue weighted by atomic mass is 32.2. The van der Waals surface area contributed by atoms with Crippen molar-refractivity contribution in [1.82, 2.24) is 19.9 Å². The van der Waals surface area contributed by atoms with E-state index in [0.29, 0.717) is 22.6 Å². The van der Waals surface area contributed by atoms with Crippen LogP contribution in [-0.4, -0.2) is 47.0 Å². The van der Waals surface area contributed by atoms with E-state index in [-0.39, 0.29) is 46.1 Å². The quantitative estimate of drug-likeness (QED) is 0.234. The minimum atomic E-state index is -4.50. The lowest BCUT2D eigenvalue weighted by Crippen LogP contribution is -2.22. The second kappa shape index (κ2) is 10.7. The van der Waals surface area contributed by atoms with Crippen molar-refractivity contribution in [3.05, 3.63) is 60.3 Å². The number of nitrogens with two attached hydrogens (primary N) is 1. The SMILES string of the molecule is NS(=O)(=O)c1ccc(CNc2nc(NCC(F)(F)F)c3nc(-c4ccc(NC(=O)C5CC5)nc4)ccc3n2)cc1. The number of primary sulfonamides is 1. The molecule has 11 nitrogen and oxygen atoms in total. The molecule has 1 fully saturated rings. The zero-order valence-electron chi connectivity index (χ0n) is 20.7. The summed E-state index contributed by atoms with van der Waals surface area (Å²) in [6.07, 6.45) is -1.26. The van der Waals surface area contributed by atoms with Gasteiger partial charge in [-0.2, -0.15) is 18.2 Å². The first kappa shape index (κ1) is 27.2. The number of fused-ring (bicyclic) bond motifs is 1. The van der Waals surface area contributed by atoms with Crippen molar-refractivity contribution >= 4 is 44.5 Å². The largest absolute Gasteiger partial charge is 0.405 e. The Morgan fingerprint density at radius 1 is 0.975 bits per heavy atom. The number of nitrogens with zero attached hydrogens (tertiary/aromatic N) is 4. The molecule has 0 radical (unpaired) electrons. The summed E-state index contributed by atoms with van der Waals surface area (Å²) in [4.78, 5) is 29.2. The fourth-order valence-corrected chi connectivity index (χ4v) is 4.25.